The first-order chi connectivity index (χ1) is 19.5. The molecule has 2 aliphatic rings. The molecule has 40 heavy (non-hydrogen) atoms. The molecule has 0 unspecified atom stereocenters. The second-order valence-electron chi connectivity index (χ2n) is 9.91. The third-order valence-corrected chi connectivity index (χ3v) is 8.49. The zero-order chi connectivity index (χ0) is 27.6. The molecule has 0 spiro atoms. The van der Waals surface area contributed by atoms with E-state index in [0.29, 0.717) is 35.7 Å². The standard InChI is InChI=1S/C31H29FN4O3S/c1-20-7-4-9-23(32)28(20)34-30(37)26-19-21-13-15-36(25-11-3-2-8-22(25)29(21)40-26)31(38)24-10-5-12-27(33-24)35-14-6-17-39-18-16-35/h2-5,7-12,19H,6,13-18H2,1H3,(H,34,37). The average molecular weight is 557 g/mol. The van der Waals surface area contributed by atoms with Crippen molar-refractivity contribution in [3.63, 3.8) is 0 Å². The van der Waals surface area contributed by atoms with E-state index in [-0.39, 0.29) is 17.5 Å². The van der Waals surface area contributed by atoms with E-state index in [2.05, 4.69) is 10.2 Å². The Morgan fingerprint density at radius 1 is 1.00 bits per heavy atom. The van der Waals surface area contributed by atoms with E-state index >= 15 is 0 Å². The molecule has 0 saturated carbocycles. The fraction of sp³-hybridized carbons (Fsp3) is 0.258. The van der Waals surface area contributed by atoms with Gasteiger partial charge in [0, 0.05) is 36.7 Å². The van der Waals surface area contributed by atoms with Crippen LogP contribution in [0.4, 0.5) is 21.6 Å². The number of ether oxygens (including phenoxy) is 1. The van der Waals surface area contributed by atoms with E-state index < -0.39 is 5.82 Å². The third-order valence-electron chi connectivity index (χ3n) is 7.28. The quantitative estimate of drug-likeness (QED) is 0.337. The smallest absolute Gasteiger partial charge is 0.276 e. The van der Waals surface area contributed by atoms with Crippen LogP contribution < -0.4 is 15.1 Å². The Morgan fingerprint density at radius 2 is 1.85 bits per heavy atom. The first-order valence-electron chi connectivity index (χ1n) is 13.4. The van der Waals surface area contributed by atoms with Gasteiger partial charge >= 0.3 is 0 Å². The Labute approximate surface area is 236 Å². The van der Waals surface area contributed by atoms with Crippen LogP contribution in [0.2, 0.25) is 0 Å². The van der Waals surface area contributed by atoms with Crippen molar-refractivity contribution < 1.29 is 18.7 Å². The van der Waals surface area contributed by atoms with Gasteiger partial charge < -0.3 is 19.9 Å². The molecule has 2 amide bonds. The fourth-order valence-corrected chi connectivity index (χ4v) is 6.36. The lowest BCUT2D eigenvalue weighted by Crippen LogP contribution is -2.34. The van der Waals surface area contributed by atoms with E-state index in [1.165, 1.54) is 17.4 Å². The lowest BCUT2D eigenvalue weighted by atomic mass is 10.1. The molecule has 4 aromatic rings. The van der Waals surface area contributed by atoms with Gasteiger partial charge in [0.2, 0.25) is 0 Å². The van der Waals surface area contributed by atoms with Crippen molar-refractivity contribution in [3.05, 3.63) is 94.2 Å². The van der Waals surface area contributed by atoms with Crippen LogP contribution in [0.5, 0.6) is 0 Å². The Hall–Kier alpha value is -4.08. The highest BCUT2D eigenvalue weighted by Gasteiger charge is 2.28. The Kier molecular flexibility index (Phi) is 7.32. The van der Waals surface area contributed by atoms with Crippen LogP contribution in [0.3, 0.4) is 0 Å². The van der Waals surface area contributed by atoms with Crippen LogP contribution in [0, 0.1) is 12.7 Å². The summed E-state index contributed by atoms with van der Waals surface area (Å²) in [7, 11) is 0. The number of aromatic nitrogens is 1. The summed E-state index contributed by atoms with van der Waals surface area (Å²) < 4.78 is 19.9. The molecule has 0 aliphatic carbocycles. The molecule has 2 aromatic heterocycles. The van der Waals surface area contributed by atoms with Crippen molar-refractivity contribution in [3.8, 4) is 10.4 Å². The molecule has 4 heterocycles. The van der Waals surface area contributed by atoms with Crippen molar-refractivity contribution >= 4 is 40.3 Å². The highest BCUT2D eigenvalue weighted by molar-refractivity contribution is 7.17. The molecule has 0 atom stereocenters. The maximum absolute atomic E-state index is 14.3. The summed E-state index contributed by atoms with van der Waals surface area (Å²) in [5, 5.41) is 2.74. The molecule has 2 aliphatic heterocycles. The molecule has 204 valence electrons. The minimum Gasteiger partial charge on any atom is -0.380 e. The lowest BCUT2D eigenvalue weighted by molar-refractivity contribution is 0.0981. The van der Waals surface area contributed by atoms with Crippen LogP contribution in [0.25, 0.3) is 10.4 Å². The molecular weight excluding hydrogens is 527 g/mol. The van der Waals surface area contributed by atoms with Crippen LogP contribution in [0.1, 0.15) is 37.7 Å². The molecule has 9 heteroatoms. The van der Waals surface area contributed by atoms with Crippen LogP contribution in [-0.4, -0.2) is 49.6 Å². The second-order valence-corrected chi connectivity index (χ2v) is 11.0. The fourth-order valence-electron chi connectivity index (χ4n) is 5.22. The molecular formula is C31H29FN4O3S. The van der Waals surface area contributed by atoms with E-state index in [0.717, 1.165) is 53.6 Å². The van der Waals surface area contributed by atoms with Crippen LogP contribution in [0.15, 0.2) is 66.7 Å². The number of fused-ring (bicyclic) bond motifs is 3. The van der Waals surface area contributed by atoms with Gasteiger partial charge in [0.1, 0.15) is 17.3 Å². The van der Waals surface area contributed by atoms with Crippen LogP contribution in [-0.2, 0) is 11.2 Å². The van der Waals surface area contributed by atoms with Gasteiger partial charge in [-0.2, -0.15) is 0 Å². The first kappa shape index (κ1) is 26.2. The number of hydrogen-bond donors (Lipinski definition) is 1. The van der Waals surface area contributed by atoms with Crippen molar-refractivity contribution in [2.24, 2.45) is 0 Å². The van der Waals surface area contributed by atoms with Crippen LogP contribution >= 0.6 is 11.3 Å². The van der Waals surface area contributed by atoms with Gasteiger partial charge in [-0.15, -0.1) is 11.3 Å². The predicted octanol–water partition coefficient (Wildman–Crippen LogP) is 5.94. The largest absolute Gasteiger partial charge is 0.380 e. The van der Waals surface area contributed by atoms with Gasteiger partial charge in [0.25, 0.3) is 11.8 Å². The number of amides is 2. The maximum atomic E-state index is 14.3. The monoisotopic (exact) mass is 556 g/mol. The number of halogens is 1. The zero-order valence-electron chi connectivity index (χ0n) is 22.2. The highest BCUT2D eigenvalue weighted by Crippen LogP contribution is 2.42. The molecule has 6 rings (SSSR count). The summed E-state index contributed by atoms with van der Waals surface area (Å²) >= 11 is 1.36. The number of nitrogens with zero attached hydrogens (tertiary/aromatic N) is 3. The topological polar surface area (TPSA) is 74.8 Å². The van der Waals surface area contributed by atoms with Crippen molar-refractivity contribution in [1.82, 2.24) is 4.98 Å². The van der Waals surface area contributed by atoms with Crippen molar-refractivity contribution in [2.45, 2.75) is 19.8 Å². The normalized spacial score (nSPS) is 15.1. The Bertz CT molecular complexity index is 1560. The predicted molar refractivity (Wildman–Crippen MR) is 156 cm³/mol. The number of thiophene rings is 1. The van der Waals surface area contributed by atoms with Gasteiger partial charge in [-0.25, -0.2) is 9.37 Å². The number of pyridine rings is 1. The zero-order valence-corrected chi connectivity index (χ0v) is 23.0. The minimum absolute atomic E-state index is 0.163. The number of aryl methyl sites for hydroxylation is 1. The van der Waals surface area contributed by atoms with Gasteiger partial charge in [-0.1, -0.05) is 36.4 Å². The van der Waals surface area contributed by atoms with Gasteiger partial charge in [-0.05, 0) is 61.2 Å². The summed E-state index contributed by atoms with van der Waals surface area (Å²) in [6.45, 7) is 5.15. The molecule has 1 N–H and O–H groups in total. The number of hydrogen-bond acceptors (Lipinski definition) is 6. The molecule has 1 saturated heterocycles. The summed E-state index contributed by atoms with van der Waals surface area (Å²) in [5.74, 6) is -0.202. The number of benzene rings is 2. The summed E-state index contributed by atoms with van der Waals surface area (Å²) in [6.07, 6.45) is 1.49. The van der Waals surface area contributed by atoms with E-state index in [1.807, 2.05) is 42.5 Å². The number of anilines is 3. The second kappa shape index (κ2) is 11.2. The van der Waals surface area contributed by atoms with E-state index in [1.54, 1.807) is 30.0 Å². The number of carbonyl (C=O) groups excluding carboxylic acids is 2. The average Bonchev–Trinajstić information content (AvgIpc) is 3.12. The number of rotatable bonds is 4. The molecule has 2 aromatic carbocycles. The Morgan fingerprint density at radius 3 is 2.73 bits per heavy atom. The molecule has 1 fully saturated rings. The van der Waals surface area contributed by atoms with Crippen molar-refractivity contribution in [2.75, 3.05) is 48.0 Å². The third kappa shape index (κ3) is 5.10. The van der Waals surface area contributed by atoms with E-state index in [9.17, 15) is 14.0 Å². The SMILES string of the molecule is Cc1cccc(F)c1NC(=O)c1cc2c(s1)-c1ccccc1N(C(=O)c1cccc(N3CCCOCC3)n1)CC2. The summed E-state index contributed by atoms with van der Waals surface area (Å²) in [6, 6.07) is 19.9. The lowest BCUT2D eigenvalue weighted by Gasteiger charge is -2.24. The highest BCUT2D eigenvalue weighted by atomic mass is 32.1. The van der Waals surface area contributed by atoms with Crippen molar-refractivity contribution in [1.29, 1.82) is 0 Å². The minimum atomic E-state index is -0.465. The Balaban J connectivity index is 1.29. The number of para-hydroxylation sites is 2. The van der Waals surface area contributed by atoms with Gasteiger partial charge in [0.05, 0.1) is 22.9 Å². The summed E-state index contributed by atoms with van der Waals surface area (Å²) in [5.41, 5.74) is 3.89. The number of nitrogens with one attached hydrogen (secondary N) is 1. The maximum Gasteiger partial charge on any atom is 0.276 e. The molecule has 0 bridgehead atoms. The molecule has 0 radical (unpaired) electrons. The van der Waals surface area contributed by atoms with Gasteiger partial charge in [0.15, 0.2) is 0 Å². The number of carbonyl (C=O) groups is 2. The van der Waals surface area contributed by atoms with Gasteiger partial charge in [-0.3, -0.25) is 9.59 Å². The van der Waals surface area contributed by atoms with E-state index in [4.69, 9.17) is 9.72 Å². The molecule has 7 nitrogen and oxygen atoms in total. The summed E-state index contributed by atoms with van der Waals surface area (Å²) in [4.78, 5) is 37.1. The first-order valence-corrected chi connectivity index (χ1v) is 14.2.